The zero-order valence-corrected chi connectivity index (χ0v) is 9.74. The maximum Gasteiger partial charge on any atom is 0.212 e. The first-order valence-electron chi connectivity index (χ1n) is 5.31. The summed E-state index contributed by atoms with van der Waals surface area (Å²) >= 11 is 0. The highest BCUT2D eigenvalue weighted by atomic mass is 16.5. The van der Waals surface area contributed by atoms with Gasteiger partial charge in [0.2, 0.25) is 11.3 Å². The van der Waals surface area contributed by atoms with Gasteiger partial charge in [-0.05, 0) is 18.6 Å². The molecular weight excluding hydrogens is 206 g/mol. The molecular formula is C12H15NO3. The van der Waals surface area contributed by atoms with Crippen molar-refractivity contribution in [1.82, 2.24) is 5.16 Å². The van der Waals surface area contributed by atoms with E-state index < -0.39 is 0 Å². The van der Waals surface area contributed by atoms with Crippen LogP contribution in [0.5, 0.6) is 11.5 Å². The van der Waals surface area contributed by atoms with E-state index >= 15 is 0 Å². The maximum atomic E-state index is 5.31. The van der Waals surface area contributed by atoms with Gasteiger partial charge in [0.25, 0.3) is 0 Å². The molecule has 2 aromatic rings. The van der Waals surface area contributed by atoms with Gasteiger partial charge < -0.3 is 14.0 Å². The summed E-state index contributed by atoms with van der Waals surface area (Å²) in [5.74, 6) is 1.27. The van der Waals surface area contributed by atoms with Crippen LogP contribution >= 0.6 is 0 Å². The summed E-state index contributed by atoms with van der Waals surface area (Å²) in [6.45, 7) is 2.11. The number of fused-ring (bicyclic) bond motifs is 1. The third-order valence-corrected chi connectivity index (χ3v) is 2.54. The summed E-state index contributed by atoms with van der Waals surface area (Å²) in [6, 6.07) is 3.83. The van der Waals surface area contributed by atoms with E-state index in [2.05, 4.69) is 12.1 Å². The summed E-state index contributed by atoms with van der Waals surface area (Å²) in [6.07, 6.45) is 1.94. The van der Waals surface area contributed by atoms with E-state index in [4.69, 9.17) is 14.0 Å². The van der Waals surface area contributed by atoms with Crippen LogP contribution in [0, 0.1) is 0 Å². The van der Waals surface area contributed by atoms with Gasteiger partial charge in [0.15, 0.2) is 5.75 Å². The van der Waals surface area contributed by atoms with Crippen LogP contribution < -0.4 is 9.47 Å². The van der Waals surface area contributed by atoms with Crippen molar-refractivity contribution in [3.63, 3.8) is 0 Å². The molecule has 0 aliphatic rings. The molecule has 4 nitrogen and oxygen atoms in total. The molecule has 0 atom stereocenters. The molecule has 0 bridgehead atoms. The first kappa shape index (κ1) is 10.8. The number of hydrogen-bond donors (Lipinski definition) is 0. The number of methoxy groups -OCH3 is 2. The van der Waals surface area contributed by atoms with Gasteiger partial charge in [-0.1, -0.05) is 18.5 Å². The van der Waals surface area contributed by atoms with Crippen LogP contribution in [0.2, 0.25) is 0 Å². The Morgan fingerprint density at radius 1 is 1.25 bits per heavy atom. The van der Waals surface area contributed by atoms with Crippen molar-refractivity contribution in [2.75, 3.05) is 14.2 Å². The Labute approximate surface area is 94.1 Å². The second-order valence-electron chi connectivity index (χ2n) is 3.56. The standard InChI is InChI=1S/C12H15NO3/c1-4-5-9-8-6-7-10(14-2)12(15-3)11(8)16-13-9/h6-7H,4-5H2,1-3H3. The van der Waals surface area contributed by atoms with Gasteiger partial charge in [0.05, 0.1) is 19.9 Å². The number of ether oxygens (including phenoxy) is 2. The van der Waals surface area contributed by atoms with Crippen molar-refractivity contribution in [2.24, 2.45) is 0 Å². The van der Waals surface area contributed by atoms with Crippen LogP contribution in [-0.4, -0.2) is 19.4 Å². The largest absolute Gasteiger partial charge is 0.493 e. The molecule has 0 amide bonds. The van der Waals surface area contributed by atoms with Crippen LogP contribution in [0.15, 0.2) is 16.7 Å². The minimum Gasteiger partial charge on any atom is -0.493 e. The second kappa shape index (κ2) is 4.43. The average Bonchev–Trinajstić information content (AvgIpc) is 2.72. The topological polar surface area (TPSA) is 44.5 Å². The summed E-state index contributed by atoms with van der Waals surface area (Å²) in [5, 5.41) is 5.06. The van der Waals surface area contributed by atoms with Crippen LogP contribution in [0.3, 0.4) is 0 Å². The lowest BCUT2D eigenvalue weighted by Gasteiger charge is -2.06. The highest BCUT2D eigenvalue weighted by Crippen LogP contribution is 2.36. The number of aromatic nitrogens is 1. The van der Waals surface area contributed by atoms with Crippen molar-refractivity contribution in [3.05, 3.63) is 17.8 Å². The summed E-state index contributed by atoms with van der Waals surface area (Å²) in [7, 11) is 3.20. The molecule has 0 aliphatic carbocycles. The smallest absolute Gasteiger partial charge is 0.212 e. The van der Waals surface area contributed by atoms with Crippen molar-refractivity contribution in [3.8, 4) is 11.5 Å². The normalized spacial score (nSPS) is 10.7. The number of benzene rings is 1. The molecule has 2 rings (SSSR count). The predicted molar refractivity (Wildman–Crippen MR) is 61.1 cm³/mol. The molecule has 0 N–H and O–H groups in total. The molecule has 0 spiro atoms. The molecule has 16 heavy (non-hydrogen) atoms. The Morgan fingerprint density at radius 3 is 2.69 bits per heavy atom. The molecule has 0 fully saturated rings. The quantitative estimate of drug-likeness (QED) is 0.796. The van der Waals surface area contributed by atoms with Crippen molar-refractivity contribution in [2.45, 2.75) is 19.8 Å². The van der Waals surface area contributed by atoms with E-state index in [1.54, 1.807) is 14.2 Å². The fourth-order valence-electron chi connectivity index (χ4n) is 1.78. The predicted octanol–water partition coefficient (Wildman–Crippen LogP) is 2.80. The van der Waals surface area contributed by atoms with Crippen LogP contribution in [0.25, 0.3) is 11.0 Å². The summed E-state index contributed by atoms with van der Waals surface area (Å²) in [4.78, 5) is 0. The van der Waals surface area contributed by atoms with E-state index in [0.29, 0.717) is 17.1 Å². The first-order chi connectivity index (χ1) is 7.81. The second-order valence-corrected chi connectivity index (χ2v) is 3.56. The van der Waals surface area contributed by atoms with Gasteiger partial charge in [0.1, 0.15) is 0 Å². The van der Waals surface area contributed by atoms with Crippen molar-refractivity contribution >= 4 is 11.0 Å². The Balaban J connectivity index is 2.61. The SMILES string of the molecule is CCCc1noc2c(OC)c(OC)ccc12. The Hall–Kier alpha value is -1.71. The highest BCUT2D eigenvalue weighted by molar-refractivity contribution is 5.87. The molecule has 0 saturated carbocycles. The Kier molecular flexibility index (Phi) is 2.99. The van der Waals surface area contributed by atoms with Gasteiger partial charge in [-0.2, -0.15) is 0 Å². The lowest BCUT2D eigenvalue weighted by Crippen LogP contribution is -1.90. The molecule has 0 unspecified atom stereocenters. The van der Waals surface area contributed by atoms with Crippen LogP contribution in [-0.2, 0) is 6.42 Å². The molecule has 0 radical (unpaired) electrons. The van der Waals surface area contributed by atoms with E-state index in [9.17, 15) is 0 Å². The van der Waals surface area contributed by atoms with Gasteiger partial charge in [-0.25, -0.2) is 0 Å². The summed E-state index contributed by atoms with van der Waals surface area (Å²) < 4.78 is 15.8. The number of hydrogen-bond acceptors (Lipinski definition) is 4. The number of aryl methyl sites for hydroxylation is 1. The molecule has 4 heteroatoms. The van der Waals surface area contributed by atoms with E-state index in [-0.39, 0.29) is 0 Å². The van der Waals surface area contributed by atoms with Crippen molar-refractivity contribution in [1.29, 1.82) is 0 Å². The zero-order chi connectivity index (χ0) is 11.5. The van der Waals surface area contributed by atoms with Crippen molar-refractivity contribution < 1.29 is 14.0 Å². The van der Waals surface area contributed by atoms with Gasteiger partial charge in [-0.15, -0.1) is 0 Å². The molecule has 1 aromatic heterocycles. The van der Waals surface area contributed by atoms with Gasteiger partial charge >= 0.3 is 0 Å². The molecule has 86 valence electrons. The minimum atomic E-state index is 0.606. The molecule has 0 aliphatic heterocycles. The molecule has 1 aromatic carbocycles. The van der Waals surface area contributed by atoms with E-state index in [1.807, 2.05) is 12.1 Å². The Morgan fingerprint density at radius 2 is 2.06 bits per heavy atom. The minimum absolute atomic E-state index is 0.606. The van der Waals surface area contributed by atoms with Crippen LogP contribution in [0.1, 0.15) is 19.0 Å². The zero-order valence-electron chi connectivity index (χ0n) is 9.74. The van der Waals surface area contributed by atoms with Crippen LogP contribution in [0.4, 0.5) is 0 Å². The third kappa shape index (κ3) is 1.60. The number of nitrogens with zero attached hydrogens (tertiary/aromatic N) is 1. The van der Waals surface area contributed by atoms with E-state index in [1.165, 1.54) is 0 Å². The van der Waals surface area contributed by atoms with Gasteiger partial charge in [-0.3, -0.25) is 0 Å². The molecule has 0 saturated heterocycles. The lowest BCUT2D eigenvalue weighted by atomic mass is 10.1. The first-order valence-corrected chi connectivity index (χ1v) is 5.31. The average molecular weight is 221 g/mol. The summed E-state index contributed by atoms with van der Waals surface area (Å²) in [5.41, 5.74) is 1.63. The van der Waals surface area contributed by atoms with E-state index in [0.717, 1.165) is 23.9 Å². The Bertz CT molecular complexity index is 490. The molecule has 1 heterocycles. The maximum absolute atomic E-state index is 5.31. The lowest BCUT2D eigenvalue weighted by molar-refractivity contribution is 0.347. The third-order valence-electron chi connectivity index (χ3n) is 2.54. The highest BCUT2D eigenvalue weighted by Gasteiger charge is 2.16. The number of rotatable bonds is 4. The fourth-order valence-corrected chi connectivity index (χ4v) is 1.78. The fraction of sp³-hybridized carbons (Fsp3) is 0.417. The van der Waals surface area contributed by atoms with Gasteiger partial charge in [0, 0.05) is 5.39 Å². The monoisotopic (exact) mass is 221 g/mol.